The zero-order chi connectivity index (χ0) is 15.2. The van der Waals surface area contributed by atoms with Crippen LogP contribution in [0.4, 0.5) is 5.69 Å². The van der Waals surface area contributed by atoms with Crippen molar-refractivity contribution in [2.75, 3.05) is 11.4 Å². The lowest BCUT2D eigenvalue weighted by molar-refractivity contribution is 0.710. The minimum atomic E-state index is 0.846. The van der Waals surface area contributed by atoms with Crippen LogP contribution in [-0.2, 0) is 19.4 Å². The van der Waals surface area contributed by atoms with Gasteiger partial charge in [0.15, 0.2) is 0 Å². The highest BCUT2D eigenvalue weighted by molar-refractivity contribution is 6.33. The summed E-state index contributed by atoms with van der Waals surface area (Å²) in [5, 5.41) is 0.846. The molecular formula is C18H23ClN2. The average Bonchev–Trinajstić information content (AvgIpc) is 2.56. The summed E-state index contributed by atoms with van der Waals surface area (Å²) in [6.45, 7) is 8.00. The van der Waals surface area contributed by atoms with Gasteiger partial charge < -0.3 is 4.90 Å². The Balaban J connectivity index is 0.000000774. The Kier molecular flexibility index (Phi) is 5.63. The molecule has 0 aliphatic carbocycles. The van der Waals surface area contributed by atoms with Gasteiger partial charge in [0, 0.05) is 12.7 Å². The molecule has 21 heavy (non-hydrogen) atoms. The first kappa shape index (κ1) is 15.8. The Hall–Kier alpha value is -1.54. The van der Waals surface area contributed by atoms with Gasteiger partial charge in [-0.15, -0.1) is 0 Å². The zero-order valence-electron chi connectivity index (χ0n) is 13.1. The van der Waals surface area contributed by atoms with E-state index in [0.29, 0.717) is 0 Å². The molecule has 0 amide bonds. The van der Waals surface area contributed by atoms with E-state index in [4.69, 9.17) is 11.6 Å². The number of aromatic nitrogens is 1. The second kappa shape index (κ2) is 7.46. The molecule has 112 valence electrons. The Morgan fingerprint density at radius 1 is 1.24 bits per heavy atom. The molecule has 2 aromatic rings. The molecule has 1 aromatic heterocycles. The number of hydrogen-bond donors (Lipinski definition) is 0. The van der Waals surface area contributed by atoms with Crippen LogP contribution in [0, 0.1) is 0 Å². The lowest BCUT2D eigenvalue weighted by Crippen LogP contribution is -2.31. The van der Waals surface area contributed by atoms with Crippen LogP contribution in [0.5, 0.6) is 0 Å². The summed E-state index contributed by atoms with van der Waals surface area (Å²) in [5.41, 5.74) is 4.93. The molecule has 0 atom stereocenters. The SMILES string of the molecule is CC.CCc1ccc(N2CCc3cccnc3C2)c(Cl)c1. The number of nitrogens with zero attached hydrogens (tertiary/aromatic N) is 2. The van der Waals surface area contributed by atoms with Gasteiger partial charge in [-0.25, -0.2) is 0 Å². The van der Waals surface area contributed by atoms with Crippen molar-refractivity contribution in [1.29, 1.82) is 0 Å². The fourth-order valence-corrected chi connectivity index (χ4v) is 2.91. The number of pyridine rings is 1. The van der Waals surface area contributed by atoms with Crippen LogP contribution >= 0.6 is 11.6 Å². The van der Waals surface area contributed by atoms with Crippen molar-refractivity contribution in [3.63, 3.8) is 0 Å². The third-order valence-electron chi connectivity index (χ3n) is 3.74. The highest BCUT2D eigenvalue weighted by Gasteiger charge is 2.18. The van der Waals surface area contributed by atoms with Gasteiger partial charge in [-0.1, -0.05) is 44.5 Å². The van der Waals surface area contributed by atoms with E-state index >= 15 is 0 Å². The van der Waals surface area contributed by atoms with Gasteiger partial charge in [0.2, 0.25) is 0 Å². The third-order valence-corrected chi connectivity index (χ3v) is 4.04. The Labute approximate surface area is 132 Å². The average molecular weight is 303 g/mol. The maximum atomic E-state index is 6.41. The van der Waals surface area contributed by atoms with Gasteiger partial charge in [0.25, 0.3) is 0 Å². The molecule has 3 heteroatoms. The molecular weight excluding hydrogens is 280 g/mol. The quantitative estimate of drug-likeness (QED) is 0.785. The molecule has 1 aromatic carbocycles. The number of halogens is 1. The van der Waals surface area contributed by atoms with Gasteiger partial charge in [-0.2, -0.15) is 0 Å². The van der Waals surface area contributed by atoms with Crippen LogP contribution in [0.15, 0.2) is 36.5 Å². The maximum absolute atomic E-state index is 6.41. The number of hydrogen-bond acceptors (Lipinski definition) is 2. The van der Waals surface area contributed by atoms with Crippen molar-refractivity contribution in [1.82, 2.24) is 4.98 Å². The summed E-state index contributed by atoms with van der Waals surface area (Å²) in [7, 11) is 0. The molecule has 0 fully saturated rings. The van der Waals surface area contributed by atoms with Gasteiger partial charge in [0.05, 0.1) is 22.9 Å². The van der Waals surface area contributed by atoms with Crippen molar-refractivity contribution in [2.45, 2.75) is 40.2 Å². The summed E-state index contributed by atoms with van der Waals surface area (Å²) >= 11 is 6.41. The second-order valence-corrected chi connectivity index (χ2v) is 5.33. The van der Waals surface area contributed by atoms with Crippen molar-refractivity contribution in [3.05, 3.63) is 58.4 Å². The standard InChI is InChI=1S/C16H17ClN2.C2H6/c1-2-12-5-6-16(14(17)10-12)19-9-7-13-4-3-8-18-15(13)11-19;1-2/h3-6,8,10H,2,7,9,11H2,1H3;1-2H3. The highest BCUT2D eigenvalue weighted by Crippen LogP contribution is 2.30. The van der Waals surface area contributed by atoms with E-state index in [0.717, 1.165) is 36.6 Å². The summed E-state index contributed by atoms with van der Waals surface area (Å²) in [5.74, 6) is 0. The molecule has 0 saturated heterocycles. The van der Waals surface area contributed by atoms with Crippen LogP contribution in [-0.4, -0.2) is 11.5 Å². The minimum absolute atomic E-state index is 0.846. The first-order valence-electron chi connectivity index (χ1n) is 7.74. The second-order valence-electron chi connectivity index (χ2n) is 4.92. The first-order valence-corrected chi connectivity index (χ1v) is 8.12. The third kappa shape index (κ3) is 3.56. The summed E-state index contributed by atoms with van der Waals surface area (Å²) in [6, 6.07) is 10.5. The van der Waals surface area contributed by atoms with Crippen LogP contribution in [0.25, 0.3) is 0 Å². The predicted molar refractivity (Wildman–Crippen MR) is 91.2 cm³/mol. The lowest BCUT2D eigenvalue weighted by Gasteiger charge is -2.30. The molecule has 0 saturated carbocycles. The normalized spacial score (nSPS) is 13.2. The van der Waals surface area contributed by atoms with Gasteiger partial charge in [0.1, 0.15) is 0 Å². The molecule has 2 heterocycles. The number of rotatable bonds is 2. The number of benzene rings is 1. The van der Waals surface area contributed by atoms with E-state index in [-0.39, 0.29) is 0 Å². The van der Waals surface area contributed by atoms with Gasteiger partial charge >= 0.3 is 0 Å². The number of aryl methyl sites for hydroxylation is 1. The molecule has 0 N–H and O–H groups in total. The lowest BCUT2D eigenvalue weighted by atomic mass is 10.0. The fraction of sp³-hybridized carbons (Fsp3) is 0.389. The molecule has 0 spiro atoms. The molecule has 0 bridgehead atoms. The summed E-state index contributed by atoms with van der Waals surface area (Å²) < 4.78 is 0. The first-order chi connectivity index (χ1) is 10.3. The fourth-order valence-electron chi connectivity index (χ4n) is 2.59. The van der Waals surface area contributed by atoms with E-state index in [2.05, 4.69) is 41.1 Å². The van der Waals surface area contributed by atoms with Crippen LogP contribution in [0.1, 0.15) is 37.6 Å². The predicted octanol–water partition coefficient (Wildman–Crippen LogP) is 4.89. The van der Waals surface area contributed by atoms with E-state index in [1.165, 1.54) is 16.8 Å². The van der Waals surface area contributed by atoms with Gasteiger partial charge in [-0.3, -0.25) is 4.98 Å². The van der Waals surface area contributed by atoms with Crippen molar-refractivity contribution in [3.8, 4) is 0 Å². The highest BCUT2D eigenvalue weighted by atomic mass is 35.5. The molecule has 3 rings (SSSR count). The van der Waals surface area contributed by atoms with Crippen molar-refractivity contribution < 1.29 is 0 Å². The molecule has 0 unspecified atom stereocenters. The Bertz CT molecular complexity index is 596. The Morgan fingerprint density at radius 2 is 2.05 bits per heavy atom. The van der Waals surface area contributed by atoms with E-state index in [9.17, 15) is 0 Å². The smallest absolute Gasteiger partial charge is 0.0642 e. The molecule has 1 aliphatic rings. The molecule has 2 nitrogen and oxygen atoms in total. The van der Waals surface area contributed by atoms with Crippen LogP contribution in [0.2, 0.25) is 5.02 Å². The summed E-state index contributed by atoms with van der Waals surface area (Å²) in [4.78, 5) is 6.79. The number of anilines is 1. The Morgan fingerprint density at radius 3 is 2.76 bits per heavy atom. The molecule has 1 aliphatic heterocycles. The molecule has 0 radical (unpaired) electrons. The minimum Gasteiger partial charge on any atom is -0.364 e. The van der Waals surface area contributed by atoms with Gasteiger partial charge in [-0.05, 0) is 42.2 Å². The number of fused-ring (bicyclic) bond motifs is 1. The monoisotopic (exact) mass is 302 g/mol. The summed E-state index contributed by atoms with van der Waals surface area (Å²) in [6.07, 6.45) is 3.92. The van der Waals surface area contributed by atoms with Crippen molar-refractivity contribution in [2.24, 2.45) is 0 Å². The zero-order valence-corrected chi connectivity index (χ0v) is 13.8. The van der Waals surface area contributed by atoms with Crippen LogP contribution < -0.4 is 4.90 Å². The van der Waals surface area contributed by atoms with Crippen molar-refractivity contribution >= 4 is 17.3 Å². The largest absolute Gasteiger partial charge is 0.364 e. The van der Waals surface area contributed by atoms with Crippen LogP contribution in [0.3, 0.4) is 0 Å². The van der Waals surface area contributed by atoms with E-state index in [1.807, 2.05) is 26.1 Å². The maximum Gasteiger partial charge on any atom is 0.0642 e. The van der Waals surface area contributed by atoms with E-state index in [1.54, 1.807) is 0 Å². The topological polar surface area (TPSA) is 16.1 Å². The van der Waals surface area contributed by atoms with E-state index < -0.39 is 0 Å².